The molecule has 12 heteroatoms. The molecule has 3 aliphatic rings. The van der Waals surface area contributed by atoms with Crippen molar-refractivity contribution in [2.24, 2.45) is 0 Å². The minimum absolute atomic E-state index is 0.0687. The summed E-state index contributed by atoms with van der Waals surface area (Å²) in [5.74, 6) is 2.04. The second-order valence-electron chi connectivity index (χ2n) is 11.3. The molecule has 1 amide bonds. The van der Waals surface area contributed by atoms with Crippen LogP contribution < -0.4 is 24.8 Å². The predicted octanol–water partition coefficient (Wildman–Crippen LogP) is 3.86. The number of ether oxygens (including phenoxy) is 4. The zero-order chi connectivity index (χ0) is 28.3. The minimum Gasteiger partial charge on any atom is -0.497 e. The second-order valence-corrected chi connectivity index (χ2v) is 11.7. The fourth-order valence-electron chi connectivity index (χ4n) is 6.08. The summed E-state index contributed by atoms with van der Waals surface area (Å²) in [6.45, 7) is 6.54. The lowest BCUT2D eigenvalue weighted by Crippen LogP contribution is -2.63. The molecule has 0 N–H and O–H groups in total. The number of carbonyl (C=O) groups is 1. The average Bonchev–Trinajstić information content (AvgIpc) is 3.14. The summed E-state index contributed by atoms with van der Waals surface area (Å²) < 4.78 is 24.4. The van der Waals surface area contributed by atoms with E-state index in [-0.39, 0.29) is 42.5 Å². The Bertz CT molecular complexity index is 1550. The van der Waals surface area contributed by atoms with Gasteiger partial charge in [0.15, 0.2) is 0 Å². The third-order valence-electron chi connectivity index (χ3n) is 7.77. The maximum Gasteiger partial charge on any atom is 0.410 e. The first-order valence-corrected chi connectivity index (χ1v) is 13.7. The molecule has 2 aromatic heterocycles. The number of pyridine rings is 1. The molecule has 40 heavy (non-hydrogen) atoms. The van der Waals surface area contributed by atoms with Crippen LogP contribution >= 0.6 is 11.6 Å². The first kappa shape index (κ1) is 26.5. The van der Waals surface area contributed by atoms with Crippen LogP contribution in [0.2, 0.25) is 5.15 Å². The summed E-state index contributed by atoms with van der Waals surface area (Å²) in [6.07, 6.45) is 1.31. The van der Waals surface area contributed by atoms with Gasteiger partial charge >= 0.3 is 11.8 Å². The number of piperazine rings is 1. The third kappa shape index (κ3) is 4.46. The molecule has 0 radical (unpaired) electrons. The Morgan fingerprint density at radius 1 is 1.12 bits per heavy atom. The first-order chi connectivity index (χ1) is 19.1. The van der Waals surface area contributed by atoms with Crippen molar-refractivity contribution in [3.05, 3.63) is 45.5 Å². The monoisotopic (exact) mass is 569 g/mol. The predicted molar refractivity (Wildman–Crippen MR) is 149 cm³/mol. The van der Waals surface area contributed by atoms with Crippen LogP contribution in [0.5, 0.6) is 17.4 Å². The molecule has 5 heterocycles. The number of anilines is 1. The van der Waals surface area contributed by atoms with Gasteiger partial charge in [-0.1, -0.05) is 11.6 Å². The molecule has 2 fully saturated rings. The second kappa shape index (κ2) is 9.72. The van der Waals surface area contributed by atoms with Crippen molar-refractivity contribution < 1.29 is 23.7 Å². The zero-order valence-electron chi connectivity index (χ0n) is 23.1. The molecule has 11 nitrogen and oxygen atoms in total. The minimum atomic E-state index is -0.602. The summed E-state index contributed by atoms with van der Waals surface area (Å²) in [5.41, 5.74) is 0.296. The van der Waals surface area contributed by atoms with Crippen molar-refractivity contribution in [1.82, 2.24) is 19.4 Å². The largest absolute Gasteiger partial charge is 0.497 e. The van der Waals surface area contributed by atoms with Crippen molar-refractivity contribution in [3.8, 4) is 17.4 Å². The van der Waals surface area contributed by atoms with Crippen molar-refractivity contribution >= 4 is 34.4 Å². The third-order valence-corrected chi connectivity index (χ3v) is 7.96. The maximum atomic E-state index is 13.7. The maximum absolute atomic E-state index is 13.7. The van der Waals surface area contributed by atoms with Crippen LogP contribution in [0.4, 0.5) is 10.6 Å². The number of rotatable bonds is 4. The molecule has 0 unspecified atom stereocenters. The van der Waals surface area contributed by atoms with E-state index in [2.05, 4.69) is 14.9 Å². The number of benzene rings is 1. The van der Waals surface area contributed by atoms with Crippen molar-refractivity contribution in [2.75, 3.05) is 32.3 Å². The SMILES string of the molecule is COc1ccc(Cn2c(=O)nc3c4c(nc(Cl)cc42)OC[C@@H]2[C@@H]4CC[C@H](CN32)N4C(=O)OC(C)(C)C)c(OC)c1. The van der Waals surface area contributed by atoms with E-state index in [1.807, 2.05) is 37.8 Å². The number of hydrogen-bond acceptors (Lipinski definition) is 9. The van der Waals surface area contributed by atoms with E-state index in [1.54, 1.807) is 30.9 Å². The van der Waals surface area contributed by atoms with E-state index >= 15 is 0 Å². The molecule has 3 aromatic rings. The standard InChI is InChI=1S/C28H32ClN5O6/c1-28(2,3)40-27(36)34-16-7-9-18(34)20-14-39-25-23-19(11-22(29)30-25)33(26(35)31-24(23)32(20)13-16)12-15-6-8-17(37-4)10-21(15)38-5/h6,8,10-11,16,18,20H,7,9,12-14H2,1-5H3/t16-,18+,20-/m1/s1. The number of methoxy groups -OCH3 is 2. The number of amides is 1. The number of carbonyl (C=O) groups excluding carboxylic acids is 1. The van der Waals surface area contributed by atoms with Gasteiger partial charge in [0.2, 0.25) is 5.88 Å². The summed E-state index contributed by atoms with van der Waals surface area (Å²) in [6, 6.07) is 6.65. The van der Waals surface area contributed by atoms with Crippen LogP contribution in [-0.4, -0.2) is 76.6 Å². The summed E-state index contributed by atoms with van der Waals surface area (Å²) >= 11 is 6.45. The van der Waals surface area contributed by atoms with Gasteiger partial charge in [0.05, 0.1) is 44.4 Å². The van der Waals surface area contributed by atoms with Crippen LogP contribution in [0.15, 0.2) is 29.1 Å². The Morgan fingerprint density at radius 2 is 1.93 bits per heavy atom. The lowest BCUT2D eigenvalue weighted by molar-refractivity contribution is 0.00540. The Kier molecular flexibility index (Phi) is 6.44. The first-order valence-electron chi connectivity index (χ1n) is 13.3. The van der Waals surface area contributed by atoms with Gasteiger partial charge in [-0.15, -0.1) is 0 Å². The molecule has 0 saturated carbocycles. The highest BCUT2D eigenvalue weighted by Crippen LogP contribution is 2.43. The number of hydrogen-bond donors (Lipinski definition) is 0. The molecular formula is C28H32ClN5O6. The fraction of sp³-hybridized carbons (Fsp3) is 0.500. The molecule has 3 aliphatic heterocycles. The zero-order valence-corrected chi connectivity index (χ0v) is 23.9. The lowest BCUT2D eigenvalue weighted by atomic mass is 10.0. The molecule has 6 rings (SSSR count). The molecule has 3 atom stereocenters. The van der Waals surface area contributed by atoms with Gasteiger partial charge in [-0.2, -0.15) is 4.98 Å². The smallest absolute Gasteiger partial charge is 0.410 e. The van der Waals surface area contributed by atoms with Crippen LogP contribution in [-0.2, 0) is 11.3 Å². The van der Waals surface area contributed by atoms with Gasteiger partial charge in [-0.3, -0.25) is 9.47 Å². The number of halogens is 1. The Balaban J connectivity index is 1.43. The van der Waals surface area contributed by atoms with Crippen molar-refractivity contribution in [1.29, 1.82) is 0 Å². The average molecular weight is 570 g/mol. The van der Waals surface area contributed by atoms with Gasteiger partial charge in [0.1, 0.15) is 40.1 Å². The van der Waals surface area contributed by atoms with Gasteiger partial charge in [-0.05, 0) is 45.7 Å². The van der Waals surface area contributed by atoms with Crippen LogP contribution in [0.1, 0.15) is 39.2 Å². The van der Waals surface area contributed by atoms with Crippen LogP contribution in [0.25, 0.3) is 10.9 Å². The molecule has 2 saturated heterocycles. The molecule has 0 spiro atoms. The van der Waals surface area contributed by atoms with E-state index in [9.17, 15) is 9.59 Å². The Morgan fingerprint density at radius 3 is 2.65 bits per heavy atom. The highest BCUT2D eigenvalue weighted by molar-refractivity contribution is 6.30. The molecule has 1 aromatic carbocycles. The normalized spacial score (nSPS) is 21.5. The molecular weight excluding hydrogens is 538 g/mol. The fourth-order valence-corrected chi connectivity index (χ4v) is 6.26. The summed E-state index contributed by atoms with van der Waals surface area (Å²) in [7, 11) is 3.15. The van der Waals surface area contributed by atoms with Crippen molar-refractivity contribution in [3.63, 3.8) is 0 Å². The molecule has 212 valence electrons. The summed E-state index contributed by atoms with van der Waals surface area (Å²) in [4.78, 5) is 39.8. The highest BCUT2D eigenvalue weighted by Gasteiger charge is 2.51. The van der Waals surface area contributed by atoms with E-state index in [0.717, 1.165) is 18.4 Å². The van der Waals surface area contributed by atoms with E-state index in [1.165, 1.54) is 0 Å². The quantitative estimate of drug-likeness (QED) is 0.433. The Hall–Kier alpha value is -3.73. The van der Waals surface area contributed by atoms with Crippen LogP contribution in [0.3, 0.4) is 0 Å². The van der Waals surface area contributed by atoms with Gasteiger partial charge in [0, 0.05) is 24.2 Å². The van der Waals surface area contributed by atoms with Crippen LogP contribution in [0, 0.1) is 0 Å². The van der Waals surface area contributed by atoms with Crippen molar-refractivity contribution in [2.45, 2.75) is 63.9 Å². The number of nitrogens with zero attached hydrogens (tertiary/aromatic N) is 5. The number of aromatic nitrogens is 3. The van der Waals surface area contributed by atoms with E-state index in [0.29, 0.717) is 40.6 Å². The van der Waals surface area contributed by atoms with E-state index in [4.69, 9.17) is 30.5 Å². The highest BCUT2D eigenvalue weighted by atomic mass is 35.5. The molecule has 0 aliphatic carbocycles. The van der Waals surface area contributed by atoms with Gasteiger partial charge in [-0.25, -0.2) is 14.6 Å². The Labute approximate surface area is 236 Å². The lowest BCUT2D eigenvalue weighted by Gasteiger charge is -2.46. The van der Waals surface area contributed by atoms with Gasteiger partial charge < -0.3 is 23.8 Å². The number of fused-ring (bicyclic) bond motifs is 5. The molecule has 2 bridgehead atoms. The van der Waals surface area contributed by atoms with Gasteiger partial charge in [0.25, 0.3) is 0 Å². The topological polar surface area (TPSA) is 108 Å². The summed E-state index contributed by atoms with van der Waals surface area (Å²) in [5, 5.41) is 0.815. The van der Waals surface area contributed by atoms with E-state index < -0.39 is 11.3 Å².